The Balaban J connectivity index is 1.60. The van der Waals surface area contributed by atoms with Crippen molar-refractivity contribution >= 4 is 23.4 Å². The van der Waals surface area contributed by atoms with Crippen molar-refractivity contribution in [2.75, 3.05) is 18.8 Å². The first-order chi connectivity index (χ1) is 13.8. The lowest BCUT2D eigenvalue weighted by atomic mass is 9.86. The number of thioether (sulfide) groups is 1. The minimum atomic E-state index is -4.38. The van der Waals surface area contributed by atoms with E-state index < -0.39 is 11.7 Å². The van der Waals surface area contributed by atoms with Gasteiger partial charge in [0.25, 0.3) is 0 Å². The van der Waals surface area contributed by atoms with Gasteiger partial charge in [0.1, 0.15) is 0 Å². The van der Waals surface area contributed by atoms with E-state index in [1.807, 2.05) is 11.8 Å². The number of allylic oxidation sites excluding steroid dienone is 1. The van der Waals surface area contributed by atoms with Crippen LogP contribution in [-0.2, 0) is 19.1 Å². The minimum absolute atomic E-state index is 0.0940. The van der Waals surface area contributed by atoms with E-state index in [0.717, 1.165) is 56.5 Å². The Bertz CT molecular complexity index is 772. The van der Waals surface area contributed by atoms with Crippen LogP contribution >= 0.6 is 23.4 Å². The van der Waals surface area contributed by atoms with Gasteiger partial charge in [-0.25, -0.2) is 0 Å². The predicted octanol–water partition coefficient (Wildman–Crippen LogP) is 6.98. The van der Waals surface area contributed by atoms with Gasteiger partial charge in [-0.3, -0.25) is 4.90 Å². The SMILES string of the molecule is CCS[C@]12C=CC(CC1Cc1cc(Cl)c(CN3CCCCC3)c(C(F)(F)F)c1)C2. The van der Waals surface area contributed by atoms with Gasteiger partial charge in [0.2, 0.25) is 0 Å². The van der Waals surface area contributed by atoms with Crippen LogP contribution in [0.2, 0.25) is 5.02 Å². The molecular weight excluding hydrogens is 415 g/mol. The van der Waals surface area contributed by atoms with Crippen LogP contribution in [0.5, 0.6) is 0 Å². The molecule has 160 valence electrons. The second-order valence-corrected chi connectivity index (χ2v) is 10.8. The van der Waals surface area contributed by atoms with Gasteiger partial charge < -0.3 is 0 Å². The predicted molar refractivity (Wildman–Crippen MR) is 116 cm³/mol. The zero-order valence-electron chi connectivity index (χ0n) is 16.9. The maximum atomic E-state index is 13.9. The van der Waals surface area contributed by atoms with E-state index >= 15 is 0 Å². The van der Waals surface area contributed by atoms with E-state index in [1.54, 1.807) is 6.07 Å². The molecule has 1 nitrogen and oxygen atoms in total. The molecule has 1 heterocycles. The second kappa shape index (κ2) is 8.47. The van der Waals surface area contributed by atoms with Gasteiger partial charge in [0, 0.05) is 16.3 Å². The van der Waals surface area contributed by atoms with Crippen LogP contribution in [0.3, 0.4) is 0 Å². The van der Waals surface area contributed by atoms with E-state index in [4.69, 9.17) is 11.6 Å². The van der Waals surface area contributed by atoms with E-state index in [2.05, 4.69) is 24.0 Å². The highest BCUT2D eigenvalue weighted by Crippen LogP contribution is 2.55. The number of alkyl halides is 3. The van der Waals surface area contributed by atoms with Crippen LogP contribution < -0.4 is 0 Å². The van der Waals surface area contributed by atoms with Crippen molar-refractivity contribution in [3.05, 3.63) is 46.0 Å². The molecule has 0 spiro atoms. The van der Waals surface area contributed by atoms with Crippen molar-refractivity contribution in [3.63, 3.8) is 0 Å². The van der Waals surface area contributed by atoms with Crippen LogP contribution in [0, 0.1) is 11.8 Å². The highest BCUT2D eigenvalue weighted by atomic mass is 35.5. The first kappa shape index (κ1) is 21.6. The molecule has 2 aliphatic carbocycles. The van der Waals surface area contributed by atoms with Crippen LogP contribution in [0.25, 0.3) is 0 Å². The summed E-state index contributed by atoms with van der Waals surface area (Å²) in [7, 11) is 0. The largest absolute Gasteiger partial charge is 0.416 e. The third kappa shape index (κ3) is 4.52. The number of rotatable bonds is 6. The van der Waals surface area contributed by atoms with Gasteiger partial charge in [-0.15, -0.1) is 0 Å². The van der Waals surface area contributed by atoms with Gasteiger partial charge in [0.15, 0.2) is 0 Å². The molecule has 2 unspecified atom stereocenters. The van der Waals surface area contributed by atoms with E-state index in [0.29, 0.717) is 18.3 Å². The molecule has 0 N–H and O–H groups in total. The molecule has 0 aromatic heterocycles. The number of piperidine rings is 1. The Morgan fingerprint density at radius 3 is 2.62 bits per heavy atom. The van der Waals surface area contributed by atoms with Crippen LogP contribution in [0.15, 0.2) is 24.3 Å². The lowest BCUT2D eigenvalue weighted by Crippen LogP contribution is -2.30. The van der Waals surface area contributed by atoms with Crippen molar-refractivity contribution in [1.82, 2.24) is 4.90 Å². The molecule has 1 saturated carbocycles. The van der Waals surface area contributed by atoms with Gasteiger partial charge in [0.05, 0.1) is 5.56 Å². The van der Waals surface area contributed by atoms with Gasteiger partial charge in [-0.05, 0) is 86.0 Å². The Kier molecular flexibility index (Phi) is 6.30. The highest BCUT2D eigenvalue weighted by molar-refractivity contribution is 8.00. The fraction of sp³-hybridized carbons (Fsp3) is 0.652. The Labute approximate surface area is 181 Å². The van der Waals surface area contributed by atoms with Gasteiger partial charge in [-0.1, -0.05) is 37.1 Å². The molecule has 1 aromatic carbocycles. The van der Waals surface area contributed by atoms with Crippen LogP contribution in [0.4, 0.5) is 13.2 Å². The summed E-state index contributed by atoms with van der Waals surface area (Å²) in [5.41, 5.74) is 0.434. The summed E-state index contributed by atoms with van der Waals surface area (Å²) in [6.45, 7) is 4.14. The standard InChI is InChI=1S/C23H29ClF3NS/c1-2-29-22-7-6-16(14-22)10-18(22)11-17-12-20(23(25,26)27)19(21(24)13-17)15-28-8-4-3-5-9-28/h6-7,12-13,16,18H,2-5,8-11,14-15H2,1H3/t16?,18?,22-/m0/s1. The van der Waals surface area contributed by atoms with Crippen molar-refractivity contribution < 1.29 is 13.2 Å². The maximum Gasteiger partial charge on any atom is 0.416 e. The normalized spacial score (nSPS) is 29.7. The second-order valence-electron chi connectivity index (χ2n) is 8.79. The van der Waals surface area contributed by atoms with E-state index in [-0.39, 0.29) is 21.9 Å². The fourth-order valence-corrected chi connectivity index (χ4v) is 7.24. The fourth-order valence-electron chi connectivity index (χ4n) is 5.47. The average Bonchev–Trinajstić information content (AvgIpc) is 3.21. The number of nitrogens with zero attached hydrogens (tertiary/aromatic N) is 1. The summed E-state index contributed by atoms with van der Waals surface area (Å²) in [5, 5.41) is 0.274. The number of halogens is 4. The van der Waals surface area contributed by atoms with E-state index in [9.17, 15) is 13.2 Å². The smallest absolute Gasteiger partial charge is 0.299 e. The average molecular weight is 444 g/mol. The topological polar surface area (TPSA) is 3.24 Å². The molecular formula is C23H29ClF3NS. The van der Waals surface area contributed by atoms with Gasteiger partial charge in [-0.2, -0.15) is 24.9 Å². The number of hydrogen-bond acceptors (Lipinski definition) is 2. The van der Waals surface area contributed by atoms with Crippen LogP contribution in [-0.4, -0.2) is 28.5 Å². The molecule has 1 aliphatic heterocycles. The van der Waals surface area contributed by atoms with Crippen molar-refractivity contribution in [1.29, 1.82) is 0 Å². The number of benzene rings is 1. The summed E-state index contributed by atoms with van der Waals surface area (Å²) in [6.07, 6.45) is 6.35. The molecule has 1 aromatic rings. The molecule has 0 radical (unpaired) electrons. The van der Waals surface area contributed by atoms with Crippen molar-refractivity contribution in [2.45, 2.75) is 62.9 Å². The molecule has 3 atom stereocenters. The minimum Gasteiger partial charge on any atom is -0.299 e. The van der Waals surface area contributed by atoms with Crippen LogP contribution in [0.1, 0.15) is 55.7 Å². The number of fused-ring (bicyclic) bond motifs is 2. The van der Waals surface area contributed by atoms with Crippen molar-refractivity contribution in [2.24, 2.45) is 11.8 Å². The van der Waals surface area contributed by atoms with Crippen molar-refractivity contribution in [3.8, 4) is 0 Å². The first-order valence-electron chi connectivity index (χ1n) is 10.7. The molecule has 4 rings (SSSR count). The molecule has 0 amide bonds. The third-order valence-electron chi connectivity index (χ3n) is 6.80. The summed E-state index contributed by atoms with van der Waals surface area (Å²) < 4.78 is 41.9. The zero-order chi connectivity index (χ0) is 20.6. The maximum absolute atomic E-state index is 13.9. The summed E-state index contributed by atoms with van der Waals surface area (Å²) in [4.78, 5) is 2.10. The van der Waals surface area contributed by atoms with Gasteiger partial charge >= 0.3 is 6.18 Å². The molecule has 2 fully saturated rings. The quantitative estimate of drug-likeness (QED) is 0.436. The molecule has 3 aliphatic rings. The molecule has 1 saturated heterocycles. The number of hydrogen-bond donors (Lipinski definition) is 0. The monoisotopic (exact) mass is 443 g/mol. The molecule has 2 bridgehead atoms. The first-order valence-corrected chi connectivity index (χ1v) is 12.1. The Hall–Kier alpha value is -0.650. The number of likely N-dealkylation sites (tertiary alicyclic amines) is 1. The highest BCUT2D eigenvalue weighted by Gasteiger charge is 2.48. The summed E-state index contributed by atoms with van der Waals surface area (Å²) in [5.74, 6) is 1.99. The van der Waals surface area contributed by atoms with E-state index in [1.165, 1.54) is 6.07 Å². The lowest BCUT2D eigenvalue weighted by molar-refractivity contribution is -0.138. The zero-order valence-corrected chi connectivity index (χ0v) is 18.5. The summed E-state index contributed by atoms with van der Waals surface area (Å²) >= 11 is 8.42. The molecule has 29 heavy (non-hydrogen) atoms. The molecule has 6 heteroatoms. The Morgan fingerprint density at radius 1 is 1.21 bits per heavy atom. The Morgan fingerprint density at radius 2 is 1.97 bits per heavy atom. The lowest BCUT2D eigenvalue weighted by Gasteiger charge is -2.32. The summed E-state index contributed by atoms with van der Waals surface area (Å²) in [6, 6.07) is 3.18. The third-order valence-corrected chi connectivity index (χ3v) is 8.60.